The summed E-state index contributed by atoms with van der Waals surface area (Å²) < 4.78 is 26.0. The van der Waals surface area contributed by atoms with Crippen molar-refractivity contribution < 1.29 is 13.6 Å². The molecule has 1 aromatic rings. The van der Waals surface area contributed by atoms with Gasteiger partial charge < -0.3 is 0 Å². The minimum Gasteiger partial charge on any atom is -0.299 e. The Morgan fingerprint density at radius 2 is 2.07 bits per heavy atom. The molecule has 0 atom stereocenters. The van der Waals surface area contributed by atoms with E-state index in [1.165, 1.54) is 12.1 Å². The van der Waals surface area contributed by atoms with Gasteiger partial charge in [0.25, 0.3) is 0 Å². The van der Waals surface area contributed by atoms with Crippen molar-refractivity contribution in [2.24, 2.45) is 5.92 Å². The van der Waals surface area contributed by atoms with Gasteiger partial charge in [0.05, 0.1) is 0 Å². The van der Waals surface area contributed by atoms with Crippen molar-refractivity contribution in [2.75, 3.05) is 0 Å². The summed E-state index contributed by atoms with van der Waals surface area (Å²) in [7, 11) is 0. The first-order chi connectivity index (χ1) is 7.16. The maximum atomic E-state index is 13.2. The van der Waals surface area contributed by atoms with Crippen LogP contribution in [-0.2, 0) is 11.2 Å². The number of ketones is 1. The normalized spacial score (nSPS) is 15.3. The fourth-order valence-corrected chi connectivity index (χ4v) is 1.61. The van der Waals surface area contributed by atoms with Crippen molar-refractivity contribution in [3.8, 4) is 0 Å². The van der Waals surface area contributed by atoms with Crippen molar-refractivity contribution in [2.45, 2.75) is 25.7 Å². The lowest BCUT2D eigenvalue weighted by Crippen LogP contribution is -2.06. The highest BCUT2D eigenvalue weighted by Gasteiger charge is 2.24. The van der Waals surface area contributed by atoms with Crippen molar-refractivity contribution in [3.63, 3.8) is 0 Å². The van der Waals surface area contributed by atoms with Crippen molar-refractivity contribution in [1.29, 1.82) is 0 Å². The molecule has 0 heterocycles. The molecule has 0 bridgehead atoms. The Morgan fingerprint density at radius 3 is 2.73 bits per heavy atom. The lowest BCUT2D eigenvalue weighted by atomic mass is 10.0. The summed E-state index contributed by atoms with van der Waals surface area (Å²) in [4.78, 5) is 11.4. The molecule has 0 radical (unpaired) electrons. The van der Waals surface area contributed by atoms with E-state index in [0.29, 0.717) is 12.3 Å². The first-order valence-electron chi connectivity index (χ1n) is 5.11. The predicted octanol–water partition coefficient (Wildman–Crippen LogP) is 2.88. The van der Waals surface area contributed by atoms with Crippen molar-refractivity contribution >= 4 is 5.78 Å². The summed E-state index contributed by atoms with van der Waals surface area (Å²) in [5.74, 6) is -1.27. The van der Waals surface area contributed by atoms with Gasteiger partial charge in [-0.2, -0.15) is 0 Å². The summed E-state index contributed by atoms with van der Waals surface area (Å²) in [6, 6.07) is 3.95. The Bertz CT molecular complexity index is 383. The molecule has 1 aliphatic rings. The maximum absolute atomic E-state index is 13.2. The molecule has 2 rings (SSSR count). The second kappa shape index (κ2) is 4.09. The highest BCUT2D eigenvalue weighted by atomic mass is 19.2. The Labute approximate surface area is 87.1 Å². The zero-order valence-electron chi connectivity index (χ0n) is 8.30. The molecular formula is C12H12F2O. The van der Waals surface area contributed by atoms with Crippen LogP contribution in [-0.4, -0.2) is 5.78 Å². The van der Waals surface area contributed by atoms with Crippen LogP contribution in [0.1, 0.15) is 24.8 Å². The van der Waals surface area contributed by atoms with Gasteiger partial charge in [0.15, 0.2) is 11.6 Å². The van der Waals surface area contributed by atoms with Gasteiger partial charge in [-0.05, 0) is 30.4 Å². The SMILES string of the molecule is O=C(Cc1cccc(F)c1F)CC1CC1. The number of hydrogen-bond donors (Lipinski definition) is 0. The summed E-state index contributed by atoms with van der Waals surface area (Å²) in [5.41, 5.74) is 0.167. The van der Waals surface area contributed by atoms with E-state index in [0.717, 1.165) is 18.9 Å². The fourth-order valence-electron chi connectivity index (χ4n) is 1.61. The fraction of sp³-hybridized carbons (Fsp3) is 0.417. The molecule has 0 aromatic heterocycles. The first kappa shape index (κ1) is 10.3. The molecule has 1 fully saturated rings. The van der Waals surface area contributed by atoms with Crippen LogP contribution in [0, 0.1) is 17.6 Å². The molecule has 0 spiro atoms. The molecular weight excluding hydrogens is 198 g/mol. The average Bonchev–Trinajstić information content (AvgIpc) is 2.97. The van der Waals surface area contributed by atoms with E-state index in [4.69, 9.17) is 0 Å². The summed E-state index contributed by atoms with van der Waals surface area (Å²) in [6.45, 7) is 0. The smallest absolute Gasteiger partial charge is 0.162 e. The third kappa shape index (κ3) is 2.61. The molecule has 0 aliphatic heterocycles. The van der Waals surface area contributed by atoms with Gasteiger partial charge in [-0.1, -0.05) is 12.1 Å². The quantitative estimate of drug-likeness (QED) is 0.746. The van der Waals surface area contributed by atoms with E-state index in [-0.39, 0.29) is 17.8 Å². The van der Waals surface area contributed by atoms with E-state index in [2.05, 4.69) is 0 Å². The molecule has 1 aromatic carbocycles. The number of carbonyl (C=O) groups excluding carboxylic acids is 1. The standard InChI is InChI=1S/C12H12F2O/c13-11-3-1-2-9(12(11)14)7-10(15)6-8-4-5-8/h1-3,8H,4-7H2. The summed E-state index contributed by atoms with van der Waals surface area (Å²) >= 11 is 0. The van der Waals surface area contributed by atoms with Crippen molar-refractivity contribution in [1.82, 2.24) is 0 Å². The van der Waals surface area contributed by atoms with Gasteiger partial charge in [-0.15, -0.1) is 0 Å². The molecule has 0 amide bonds. The third-order valence-corrected chi connectivity index (χ3v) is 2.63. The van der Waals surface area contributed by atoms with E-state index in [1.54, 1.807) is 0 Å². The Morgan fingerprint density at radius 1 is 1.33 bits per heavy atom. The topological polar surface area (TPSA) is 17.1 Å². The van der Waals surface area contributed by atoms with Crippen LogP contribution in [0.5, 0.6) is 0 Å². The lowest BCUT2D eigenvalue weighted by Gasteiger charge is -2.02. The maximum Gasteiger partial charge on any atom is 0.162 e. The van der Waals surface area contributed by atoms with Crippen LogP contribution < -0.4 is 0 Å². The average molecular weight is 210 g/mol. The monoisotopic (exact) mass is 210 g/mol. The van der Waals surface area contributed by atoms with Crippen molar-refractivity contribution in [3.05, 3.63) is 35.4 Å². The number of hydrogen-bond acceptors (Lipinski definition) is 1. The van der Waals surface area contributed by atoms with Crippen LogP contribution in [0.15, 0.2) is 18.2 Å². The molecule has 1 aliphatic carbocycles. The first-order valence-corrected chi connectivity index (χ1v) is 5.11. The van der Waals surface area contributed by atoms with Gasteiger partial charge in [0.2, 0.25) is 0 Å². The molecule has 0 saturated heterocycles. The second-order valence-electron chi connectivity index (χ2n) is 4.08. The van der Waals surface area contributed by atoms with E-state index in [1.807, 2.05) is 0 Å². The van der Waals surface area contributed by atoms with Crippen LogP contribution in [0.3, 0.4) is 0 Å². The second-order valence-corrected chi connectivity index (χ2v) is 4.08. The van der Waals surface area contributed by atoms with Crippen LogP contribution in [0.4, 0.5) is 8.78 Å². The van der Waals surface area contributed by atoms with Crippen LogP contribution >= 0.6 is 0 Å². The van der Waals surface area contributed by atoms with Gasteiger partial charge >= 0.3 is 0 Å². The molecule has 1 saturated carbocycles. The minimum atomic E-state index is -0.887. The zero-order chi connectivity index (χ0) is 10.8. The zero-order valence-corrected chi connectivity index (χ0v) is 8.30. The van der Waals surface area contributed by atoms with Crippen LogP contribution in [0.25, 0.3) is 0 Å². The number of Topliss-reactive ketones (excluding diaryl/α,β-unsaturated/α-hetero) is 1. The molecule has 3 heteroatoms. The number of carbonyl (C=O) groups is 1. The van der Waals surface area contributed by atoms with E-state index in [9.17, 15) is 13.6 Å². The molecule has 0 unspecified atom stereocenters. The minimum absolute atomic E-state index is 0.00185. The van der Waals surface area contributed by atoms with Gasteiger partial charge in [0.1, 0.15) is 5.78 Å². The highest BCUT2D eigenvalue weighted by Crippen LogP contribution is 2.32. The molecule has 1 nitrogen and oxygen atoms in total. The largest absolute Gasteiger partial charge is 0.299 e. The Hall–Kier alpha value is -1.25. The lowest BCUT2D eigenvalue weighted by molar-refractivity contribution is -0.118. The number of benzene rings is 1. The Balaban J connectivity index is 2.02. The third-order valence-electron chi connectivity index (χ3n) is 2.63. The van der Waals surface area contributed by atoms with Gasteiger partial charge in [-0.25, -0.2) is 8.78 Å². The van der Waals surface area contributed by atoms with Gasteiger partial charge in [-0.3, -0.25) is 4.79 Å². The molecule has 0 N–H and O–H groups in total. The summed E-state index contributed by atoms with van der Waals surface area (Å²) in [6.07, 6.45) is 2.71. The number of rotatable bonds is 4. The van der Waals surface area contributed by atoms with E-state index < -0.39 is 11.6 Å². The predicted molar refractivity (Wildman–Crippen MR) is 52.4 cm³/mol. The Kier molecular flexibility index (Phi) is 2.80. The van der Waals surface area contributed by atoms with Gasteiger partial charge in [0, 0.05) is 12.8 Å². The van der Waals surface area contributed by atoms with Crippen LogP contribution in [0.2, 0.25) is 0 Å². The number of halogens is 2. The van der Waals surface area contributed by atoms with E-state index >= 15 is 0 Å². The molecule has 80 valence electrons. The highest BCUT2D eigenvalue weighted by molar-refractivity contribution is 5.81. The molecule has 15 heavy (non-hydrogen) atoms. The summed E-state index contributed by atoms with van der Waals surface area (Å²) in [5, 5.41) is 0.